The molecule has 0 aliphatic rings. The molecule has 22 heavy (non-hydrogen) atoms. The van der Waals surface area contributed by atoms with E-state index in [-0.39, 0.29) is 5.95 Å². The molecule has 0 bridgehead atoms. The topological polar surface area (TPSA) is 114 Å². The van der Waals surface area contributed by atoms with Gasteiger partial charge in [-0.3, -0.25) is 9.78 Å². The standard InChI is InChI=1S/C15H19N5O2/c1-8-4-5-11(9(2)18-8)12-6-7-17-15(19-12)20-13(10(3)21)14(16)22/h4-7,10,13,21H,1-3H3,(H2,16,22)(H,17,19,20)/t10-,13+/m1/s1. The fourth-order valence-electron chi connectivity index (χ4n) is 2.10. The number of aromatic nitrogens is 3. The van der Waals surface area contributed by atoms with Crippen LogP contribution in [0.25, 0.3) is 11.3 Å². The molecule has 2 heterocycles. The van der Waals surface area contributed by atoms with Crippen LogP contribution in [-0.4, -0.2) is 38.1 Å². The minimum atomic E-state index is -0.951. The van der Waals surface area contributed by atoms with Crippen molar-refractivity contribution in [3.63, 3.8) is 0 Å². The van der Waals surface area contributed by atoms with Gasteiger partial charge in [-0.2, -0.15) is 0 Å². The maximum Gasteiger partial charge on any atom is 0.242 e. The van der Waals surface area contributed by atoms with E-state index in [9.17, 15) is 9.90 Å². The molecule has 2 aromatic rings. The summed E-state index contributed by atoms with van der Waals surface area (Å²) in [5.41, 5.74) is 8.58. The van der Waals surface area contributed by atoms with Crippen LogP contribution in [0.2, 0.25) is 0 Å². The van der Waals surface area contributed by atoms with E-state index in [4.69, 9.17) is 5.73 Å². The highest BCUT2D eigenvalue weighted by molar-refractivity contribution is 5.83. The van der Waals surface area contributed by atoms with Crippen LogP contribution in [0.1, 0.15) is 18.3 Å². The van der Waals surface area contributed by atoms with Crippen molar-refractivity contribution in [2.24, 2.45) is 5.73 Å². The van der Waals surface area contributed by atoms with Gasteiger partial charge in [-0.25, -0.2) is 9.97 Å². The Morgan fingerprint density at radius 3 is 2.59 bits per heavy atom. The maximum atomic E-state index is 11.3. The summed E-state index contributed by atoms with van der Waals surface area (Å²) >= 11 is 0. The number of primary amides is 1. The molecule has 0 spiro atoms. The molecule has 2 rings (SSSR count). The van der Waals surface area contributed by atoms with Crippen molar-refractivity contribution >= 4 is 11.9 Å². The molecule has 4 N–H and O–H groups in total. The van der Waals surface area contributed by atoms with E-state index in [1.807, 2.05) is 26.0 Å². The molecule has 7 heteroatoms. The minimum Gasteiger partial charge on any atom is -0.391 e. The number of aryl methyl sites for hydroxylation is 2. The summed E-state index contributed by atoms with van der Waals surface area (Å²) in [5, 5.41) is 12.3. The predicted molar refractivity (Wildman–Crippen MR) is 83.0 cm³/mol. The molecule has 116 valence electrons. The lowest BCUT2D eigenvalue weighted by atomic mass is 10.1. The molecule has 0 aliphatic heterocycles. The van der Waals surface area contributed by atoms with Crippen molar-refractivity contribution in [1.29, 1.82) is 0 Å². The van der Waals surface area contributed by atoms with E-state index in [1.165, 1.54) is 6.92 Å². The molecule has 2 atom stereocenters. The van der Waals surface area contributed by atoms with Gasteiger partial charge in [0, 0.05) is 23.1 Å². The first kappa shape index (κ1) is 15.8. The Hall–Kier alpha value is -2.54. The Morgan fingerprint density at radius 1 is 1.27 bits per heavy atom. The Bertz CT molecular complexity index is 687. The molecule has 7 nitrogen and oxygen atoms in total. The highest BCUT2D eigenvalue weighted by Gasteiger charge is 2.22. The average molecular weight is 301 g/mol. The molecule has 0 fully saturated rings. The molecule has 0 saturated heterocycles. The summed E-state index contributed by atoms with van der Waals surface area (Å²) in [6.07, 6.45) is 0.622. The minimum absolute atomic E-state index is 0.224. The Labute approximate surface area is 128 Å². The van der Waals surface area contributed by atoms with Crippen molar-refractivity contribution in [3.05, 3.63) is 35.8 Å². The van der Waals surface area contributed by atoms with Crippen molar-refractivity contribution < 1.29 is 9.90 Å². The number of carbonyl (C=O) groups excluding carboxylic acids is 1. The van der Waals surface area contributed by atoms with Gasteiger partial charge >= 0.3 is 0 Å². The summed E-state index contributed by atoms with van der Waals surface area (Å²) in [7, 11) is 0. The normalized spacial score (nSPS) is 13.5. The number of nitrogens with one attached hydrogen (secondary N) is 1. The first-order valence-electron chi connectivity index (χ1n) is 6.90. The number of nitrogens with zero attached hydrogens (tertiary/aromatic N) is 3. The zero-order valence-electron chi connectivity index (χ0n) is 12.7. The summed E-state index contributed by atoms with van der Waals surface area (Å²) in [5.74, 6) is -0.445. The predicted octanol–water partition coefficient (Wildman–Crippen LogP) is 0.802. The van der Waals surface area contributed by atoms with E-state index in [0.29, 0.717) is 5.69 Å². The third-order valence-electron chi connectivity index (χ3n) is 3.23. The smallest absolute Gasteiger partial charge is 0.242 e. The number of carbonyl (C=O) groups is 1. The molecule has 0 aliphatic carbocycles. The third-order valence-corrected chi connectivity index (χ3v) is 3.23. The molecule has 2 aromatic heterocycles. The van der Waals surface area contributed by atoms with Gasteiger partial charge in [0.1, 0.15) is 6.04 Å². The van der Waals surface area contributed by atoms with Crippen molar-refractivity contribution in [2.75, 3.05) is 5.32 Å². The second-order valence-corrected chi connectivity index (χ2v) is 5.12. The molecule has 0 saturated carbocycles. The van der Waals surface area contributed by atoms with Crippen LogP contribution in [-0.2, 0) is 4.79 Å². The van der Waals surface area contributed by atoms with Gasteiger partial charge in [0.2, 0.25) is 11.9 Å². The summed E-state index contributed by atoms with van der Waals surface area (Å²) in [6.45, 7) is 5.30. The number of pyridine rings is 1. The largest absolute Gasteiger partial charge is 0.391 e. The third kappa shape index (κ3) is 3.56. The van der Waals surface area contributed by atoms with Gasteiger partial charge in [-0.15, -0.1) is 0 Å². The van der Waals surface area contributed by atoms with E-state index < -0.39 is 18.1 Å². The lowest BCUT2D eigenvalue weighted by molar-refractivity contribution is -0.120. The lowest BCUT2D eigenvalue weighted by Gasteiger charge is -2.18. The first-order chi connectivity index (χ1) is 10.4. The monoisotopic (exact) mass is 301 g/mol. The van der Waals surface area contributed by atoms with Crippen molar-refractivity contribution in [3.8, 4) is 11.3 Å². The highest BCUT2D eigenvalue weighted by atomic mass is 16.3. The fraction of sp³-hybridized carbons (Fsp3) is 0.333. The van der Waals surface area contributed by atoms with E-state index in [0.717, 1.165) is 17.0 Å². The second-order valence-electron chi connectivity index (χ2n) is 5.12. The van der Waals surface area contributed by atoms with E-state index >= 15 is 0 Å². The van der Waals surface area contributed by atoms with Crippen LogP contribution < -0.4 is 11.1 Å². The van der Waals surface area contributed by atoms with Gasteiger partial charge in [0.15, 0.2) is 0 Å². The quantitative estimate of drug-likeness (QED) is 0.752. The summed E-state index contributed by atoms with van der Waals surface area (Å²) in [6, 6.07) is 4.64. The van der Waals surface area contributed by atoms with Crippen LogP contribution >= 0.6 is 0 Å². The zero-order chi connectivity index (χ0) is 16.3. The van der Waals surface area contributed by atoms with Crippen LogP contribution in [0.3, 0.4) is 0 Å². The van der Waals surface area contributed by atoms with Crippen LogP contribution in [0.15, 0.2) is 24.4 Å². The molecule has 0 unspecified atom stereocenters. The van der Waals surface area contributed by atoms with Gasteiger partial charge in [0.05, 0.1) is 11.8 Å². The van der Waals surface area contributed by atoms with Gasteiger partial charge in [0.25, 0.3) is 0 Å². The van der Waals surface area contributed by atoms with Gasteiger partial charge in [-0.05, 0) is 39.0 Å². The lowest BCUT2D eigenvalue weighted by Crippen LogP contribution is -2.43. The fourth-order valence-corrected chi connectivity index (χ4v) is 2.10. The number of rotatable bonds is 5. The maximum absolute atomic E-state index is 11.3. The molecule has 1 amide bonds. The number of hydrogen-bond donors (Lipinski definition) is 3. The number of aliphatic hydroxyl groups is 1. The number of amides is 1. The van der Waals surface area contributed by atoms with Crippen LogP contribution in [0.4, 0.5) is 5.95 Å². The number of hydrogen-bond acceptors (Lipinski definition) is 6. The summed E-state index contributed by atoms with van der Waals surface area (Å²) < 4.78 is 0. The number of nitrogens with two attached hydrogens (primary N) is 1. The van der Waals surface area contributed by atoms with E-state index in [1.54, 1.807) is 12.3 Å². The highest BCUT2D eigenvalue weighted by Crippen LogP contribution is 2.21. The Balaban J connectivity index is 2.32. The van der Waals surface area contributed by atoms with Crippen molar-refractivity contribution in [2.45, 2.75) is 32.9 Å². The van der Waals surface area contributed by atoms with E-state index in [2.05, 4.69) is 20.3 Å². The molecule has 0 radical (unpaired) electrons. The van der Waals surface area contributed by atoms with Crippen LogP contribution in [0, 0.1) is 13.8 Å². The van der Waals surface area contributed by atoms with Gasteiger partial charge < -0.3 is 16.2 Å². The number of anilines is 1. The van der Waals surface area contributed by atoms with Crippen LogP contribution in [0.5, 0.6) is 0 Å². The Kier molecular flexibility index (Phi) is 4.67. The zero-order valence-corrected chi connectivity index (χ0v) is 12.7. The average Bonchev–Trinajstić information content (AvgIpc) is 2.44. The molecular weight excluding hydrogens is 282 g/mol. The number of aliphatic hydroxyl groups excluding tert-OH is 1. The molecular formula is C15H19N5O2. The Morgan fingerprint density at radius 2 is 2.00 bits per heavy atom. The van der Waals surface area contributed by atoms with Crippen molar-refractivity contribution in [1.82, 2.24) is 15.0 Å². The molecule has 0 aromatic carbocycles. The first-order valence-corrected chi connectivity index (χ1v) is 6.90. The second kappa shape index (κ2) is 6.48. The van der Waals surface area contributed by atoms with Gasteiger partial charge in [-0.1, -0.05) is 0 Å². The SMILES string of the molecule is Cc1ccc(-c2ccnc(N[C@H](C(N)=O)[C@@H](C)O)n2)c(C)n1. The summed E-state index contributed by atoms with van der Waals surface area (Å²) in [4.78, 5) is 24.1.